The minimum absolute atomic E-state index is 0.728. The van der Waals surface area contributed by atoms with Crippen LogP contribution in [0, 0.1) is 0 Å². The summed E-state index contributed by atoms with van der Waals surface area (Å²) in [4.78, 5) is 3.93. The highest BCUT2D eigenvalue weighted by Crippen LogP contribution is 2.14. The fraction of sp³-hybridized carbons (Fsp3) is 0.125. The molecule has 2 aromatic heterocycles. The van der Waals surface area contributed by atoms with E-state index in [2.05, 4.69) is 20.9 Å². The van der Waals surface area contributed by atoms with Crippen LogP contribution in [-0.2, 0) is 6.54 Å². The van der Waals surface area contributed by atoms with Gasteiger partial charge < -0.3 is 8.98 Å². The third-order valence-corrected chi connectivity index (χ3v) is 1.95. The standard InChI is InChI=1S/C8H7BrN2O/c9-8-2-1-7(12-8)5-11-4-3-10-6-11/h1-4,6H,5H2. The number of furan rings is 1. The van der Waals surface area contributed by atoms with Crippen LogP contribution in [0.2, 0.25) is 0 Å². The Morgan fingerprint density at radius 1 is 1.50 bits per heavy atom. The molecule has 0 amide bonds. The Labute approximate surface area is 78.2 Å². The van der Waals surface area contributed by atoms with Crippen LogP contribution in [0.4, 0.5) is 0 Å². The predicted molar refractivity (Wildman–Crippen MR) is 47.7 cm³/mol. The Bertz CT molecular complexity index is 353. The van der Waals surface area contributed by atoms with Crippen molar-refractivity contribution in [3.8, 4) is 0 Å². The van der Waals surface area contributed by atoms with Crippen LogP contribution < -0.4 is 0 Å². The van der Waals surface area contributed by atoms with E-state index in [4.69, 9.17) is 4.42 Å². The molecule has 62 valence electrons. The minimum atomic E-state index is 0.728. The summed E-state index contributed by atoms with van der Waals surface area (Å²) >= 11 is 3.24. The molecule has 0 saturated heterocycles. The first-order valence-corrected chi connectivity index (χ1v) is 4.34. The highest BCUT2D eigenvalue weighted by molar-refractivity contribution is 9.10. The topological polar surface area (TPSA) is 31.0 Å². The number of halogens is 1. The van der Waals surface area contributed by atoms with Crippen molar-refractivity contribution >= 4 is 15.9 Å². The first kappa shape index (κ1) is 7.61. The molecule has 0 aliphatic carbocycles. The first-order valence-electron chi connectivity index (χ1n) is 3.54. The molecule has 0 N–H and O–H groups in total. The van der Waals surface area contributed by atoms with Crippen LogP contribution in [-0.4, -0.2) is 9.55 Å². The molecule has 0 bridgehead atoms. The van der Waals surface area contributed by atoms with Gasteiger partial charge in [0, 0.05) is 12.4 Å². The molecule has 0 saturated carbocycles. The van der Waals surface area contributed by atoms with Gasteiger partial charge in [-0.3, -0.25) is 0 Å². The number of aromatic nitrogens is 2. The van der Waals surface area contributed by atoms with E-state index in [0.717, 1.165) is 17.0 Å². The van der Waals surface area contributed by atoms with Crippen molar-refractivity contribution in [2.75, 3.05) is 0 Å². The number of nitrogens with zero attached hydrogens (tertiary/aromatic N) is 2. The van der Waals surface area contributed by atoms with E-state index < -0.39 is 0 Å². The molecule has 2 heterocycles. The van der Waals surface area contributed by atoms with Crippen molar-refractivity contribution in [1.82, 2.24) is 9.55 Å². The SMILES string of the molecule is Brc1ccc(Cn2ccnc2)o1. The molecule has 3 nitrogen and oxygen atoms in total. The van der Waals surface area contributed by atoms with E-state index in [-0.39, 0.29) is 0 Å². The largest absolute Gasteiger partial charge is 0.452 e. The number of rotatable bonds is 2. The van der Waals surface area contributed by atoms with Gasteiger partial charge in [0.1, 0.15) is 5.76 Å². The summed E-state index contributed by atoms with van der Waals surface area (Å²) in [6.07, 6.45) is 5.41. The maximum Gasteiger partial charge on any atom is 0.169 e. The Morgan fingerprint density at radius 2 is 2.42 bits per heavy atom. The van der Waals surface area contributed by atoms with Crippen LogP contribution in [0.25, 0.3) is 0 Å². The maximum atomic E-state index is 5.32. The molecule has 0 aromatic carbocycles. The molecule has 0 fully saturated rings. The predicted octanol–water partition coefficient (Wildman–Crippen LogP) is 2.29. The summed E-state index contributed by atoms with van der Waals surface area (Å²) in [5.74, 6) is 0.917. The Balaban J connectivity index is 2.14. The zero-order valence-electron chi connectivity index (χ0n) is 6.27. The monoisotopic (exact) mass is 226 g/mol. The highest BCUT2D eigenvalue weighted by atomic mass is 79.9. The van der Waals surface area contributed by atoms with Crippen LogP contribution in [0.1, 0.15) is 5.76 Å². The molecule has 0 radical (unpaired) electrons. The Hall–Kier alpha value is -1.03. The number of hydrogen-bond donors (Lipinski definition) is 0. The van der Waals surface area contributed by atoms with Gasteiger partial charge in [-0.25, -0.2) is 4.98 Å². The van der Waals surface area contributed by atoms with Crippen LogP contribution in [0.3, 0.4) is 0 Å². The van der Waals surface area contributed by atoms with Gasteiger partial charge >= 0.3 is 0 Å². The van der Waals surface area contributed by atoms with E-state index in [1.807, 2.05) is 22.9 Å². The van der Waals surface area contributed by atoms with E-state index >= 15 is 0 Å². The Morgan fingerprint density at radius 3 is 3.00 bits per heavy atom. The number of hydrogen-bond acceptors (Lipinski definition) is 2. The van der Waals surface area contributed by atoms with Gasteiger partial charge in [-0.2, -0.15) is 0 Å². The maximum absolute atomic E-state index is 5.32. The van der Waals surface area contributed by atoms with Gasteiger partial charge in [-0.05, 0) is 28.1 Å². The quantitative estimate of drug-likeness (QED) is 0.787. The van der Waals surface area contributed by atoms with Gasteiger partial charge in [0.15, 0.2) is 4.67 Å². The molecule has 2 rings (SSSR count). The van der Waals surface area contributed by atoms with Crippen LogP contribution in [0.5, 0.6) is 0 Å². The van der Waals surface area contributed by atoms with E-state index in [1.54, 1.807) is 12.5 Å². The molecular formula is C8H7BrN2O. The van der Waals surface area contributed by atoms with Crippen molar-refractivity contribution in [1.29, 1.82) is 0 Å². The smallest absolute Gasteiger partial charge is 0.169 e. The van der Waals surface area contributed by atoms with Gasteiger partial charge in [-0.1, -0.05) is 0 Å². The second kappa shape index (κ2) is 3.15. The van der Waals surface area contributed by atoms with Crippen molar-refractivity contribution in [3.63, 3.8) is 0 Å². The summed E-state index contributed by atoms with van der Waals surface area (Å²) in [6, 6.07) is 3.82. The molecular weight excluding hydrogens is 220 g/mol. The molecule has 0 aliphatic rings. The van der Waals surface area contributed by atoms with Crippen LogP contribution in [0.15, 0.2) is 39.9 Å². The molecule has 0 unspecified atom stereocenters. The van der Waals surface area contributed by atoms with Crippen molar-refractivity contribution in [2.24, 2.45) is 0 Å². The molecule has 12 heavy (non-hydrogen) atoms. The molecule has 2 aromatic rings. The van der Waals surface area contributed by atoms with Crippen molar-refractivity contribution in [2.45, 2.75) is 6.54 Å². The second-order valence-electron chi connectivity index (χ2n) is 2.44. The fourth-order valence-corrected chi connectivity index (χ4v) is 1.34. The molecule has 4 heteroatoms. The van der Waals surface area contributed by atoms with Crippen molar-refractivity contribution < 1.29 is 4.42 Å². The highest BCUT2D eigenvalue weighted by Gasteiger charge is 1.98. The minimum Gasteiger partial charge on any atom is -0.452 e. The molecule has 0 atom stereocenters. The lowest BCUT2D eigenvalue weighted by Crippen LogP contribution is -1.93. The molecule has 0 spiro atoms. The van der Waals surface area contributed by atoms with Crippen LogP contribution >= 0.6 is 15.9 Å². The first-order chi connectivity index (χ1) is 5.84. The zero-order chi connectivity index (χ0) is 8.39. The summed E-state index contributed by atoms with van der Waals surface area (Å²) in [5, 5.41) is 0. The van der Waals surface area contributed by atoms with Gasteiger partial charge in [-0.15, -0.1) is 0 Å². The summed E-state index contributed by atoms with van der Waals surface area (Å²) in [5.41, 5.74) is 0. The van der Waals surface area contributed by atoms with E-state index in [0.29, 0.717) is 0 Å². The zero-order valence-corrected chi connectivity index (χ0v) is 7.86. The lowest BCUT2D eigenvalue weighted by Gasteiger charge is -1.96. The van der Waals surface area contributed by atoms with Crippen molar-refractivity contribution in [3.05, 3.63) is 41.3 Å². The Kier molecular flexibility index (Phi) is 1.99. The normalized spacial score (nSPS) is 10.4. The lowest BCUT2D eigenvalue weighted by molar-refractivity contribution is 0.474. The van der Waals surface area contributed by atoms with E-state index in [1.165, 1.54) is 0 Å². The van der Waals surface area contributed by atoms with Gasteiger partial charge in [0.05, 0.1) is 12.9 Å². The summed E-state index contributed by atoms with van der Waals surface area (Å²) in [6.45, 7) is 0.728. The fourth-order valence-electron chi connectivity index (χ4n) is 0.997. The summed E-state index contributed by atoms with van der Waals surface area (Å²) < 4.78 is 8.04. The third-order valence-electron chi connectivity index (χ3n) is 1.53. The second-order valence-corrected chi connectivity index (χ2v) is 3.22. The van der Waals surface area contributed by atoms with Gasteiger partial charge in [0.2, 0.25) is 0 Å². The van der Waals surface area contributed by atoms with Gasteiger partial charge in [0.25, 0.3) is 0 Å². The number of imidazole rings is 1. The molecule has 0 aliphatic heterocycles. The average Bonchev–Trinajstić information content (AvgIpc) is 2.63. The van der Waals surface area contributed by atoms with E-state index in [9.17, 15) is 0 Å². The third kappa shape index (κ3) is 1.58. The summed E-state index contributed by atoms with van der Waals surface area (Å²) in [7, 11) is 0. The average molecular weight is 227 g/mol. The lowest BCUT2D eigenvalue weighted by atomic mass is 10.4.